The summed E-state index contributed by atoms with van der Waals surface area (Å²) in [5, 5.41) is 4.27. The number of alkyl halides is 3. The average Bonchev–Trinajstić information content (AvgIpc) is 3.12. The fourth-order valence-electron chi connectivity index (χ4n) is 3.63. The highest BCUT2D eigenvalue weighted by Gasteiger charge is 2.31. The highest BCUT2D eigenvalue weighted by Crippen LogP contribution is 2.31. The number of methoxy groups -OCH3 is 1. The zero-order valence-corrected chi connectivity index (χ0v) is 17.1. The van der Waals surface area contributed by atoms with Crippen molar-refractivity contribution in [3.05, 3.63) is 71.5 Å². The number of carbonyl (C=O) groups excluding carboxylic acids is 1. The summed E-state index contributed by atoms with van der Waals surface area (Å²) in [7, 11) is 3.37. The summed E-state index contributed by atoms with van der Waals surface area (Å²) in [4.78, 5) is 17.0. The van der Waals surface area contributed by atoms with Crippen molar-refractivity contribution in [2.45, 2.75) is 12.7 Å². The molecule has 9 heteroatoms. The van der Waals surface area contributed by atoms with Crippen LogP contribution in [0, 0.1) is 0 Å². The van der Waals surface area contributed by atoms with Crippen molar-refractivity contribution in [1.29, 1.82) is 0 Å². The highest BCUT2D eigenvalue weighted by atomic mass is 19.4. The molecular weight excluding hydrogens is 409 g/mol. The molecule has 2 aromatic carbocycles. The SMILES string of the molecule is COc1cn(-c2cccc(C(F)(F)F)c2)nc1C(=O)N1CCN(C)c2ccccc2C1. The molecule has 162 valence electrons. The molecule has 0 aliphatic carbocycles. The fraction of sp³-hybridized carbons (Fsp3) is 0.273. The first-order chi connectivity index (χ1) is 14.8. The summed E-state index contributed by atoms with van der Waals surface area (Å²) >= 11 is 0. The van der Waals surface area contributed by atoms with Crippen molar-refractivity contribution in [2.75, 3.05) is 32.1 Å². The number of benzene rings is 2. The van der Waals surface area contributed by atoms with E-state index in [4.69, 9.17) is 4.74 Å². The van der Waals surface area contributed by atoms with Gasteiger partial charge < -0.3 is 14.5 Å². The number of nitrogens with zero attached hydrogens (tertiary/aromatic N) is 4. The number of rotatable bonds is 3. The number of para-hydroxylation sites is 1. The molecule has 0 bridgehead atoms. The van der Waals surface area contributed by atoms with Crippen molar-refractivity contribution in [3.8, 4) is 11.4 Å². The van der Waals surface area contributed by atoms with Gasteiger partial charge in [-0.05, 0) is 29.8 Å². The smallest absolute Gasteiger partial charge is 0.416 e. The van der Waals surface area contributed by atoms with Gasteiger partial charge in [0.2, 0.25) is 0 Å². The van der Waals surface area contributed by atoms with Gasteiger partial charge in [-0.1, -0.05) is 24.3 Å². The van der Waals surface area contributed by atoms with E-state index >= 15 is 0 Å². The standard InChI is InChI=1S/C22H21F3N4O2/c1-27-10-11-28(13-15-6-3-4-9-18(15)27)21(30)20-19(31-2)14-29(26-20)17-8-5-7-16(12-17)22(23,24)25/h3-9,12,14H,10-11,13H2,1-2H3. The van der Waals surface area contributed by atoms with Crippen LogP contribution in [0.4, 0.5) is 18.9 Å². The fourth-order valence-corrected chi connectivity index (χ4v) is 3.63. The lowest BCUT2D eigenvalue weighted by atomic mass is 10.1. The maximum absolute atomic E-state index is 13.3. The Kier molecular flexibility index (Phi) is 5.34. The maximum atomic E-state index is 13.3. The van der Waals surface area contributed by atoms with Crippen LogP contribution in [0.5, 0.6) is 5.75 Å². The van der Waals surface area contributed by atoms with Gasteiger partial charge in [-0.15, -0.1) is 0 Å². The molecule has 31 heavy (non-hydrogen) atoms. The molecule has 0 saturated heterocycles. The van der Waals surface area contributed by atoms with Gasteiger partial charge in [-0.25, -0.2) is 4.68 Å². The molecule has 0 spiro atoms. The summed E-state index contributed by atoms with van der Waals surface area (Å²) in [5.74, 6) is -0.138. The first-order valence-electron chi connectivity index (χ1n) is 9.67. The molecule has 1 amide bonds. The predicted octanol–water partition coefficient (Wildman–Crippen LogP) is 3.99. The highest BCUT2D eigenvalue weighted by molar-refractivity contribution is 5.95. The molecule has 2 heterocycles. The predicted molar refractivity (Wildman–Crippen MR) is 110 cm³/mol. The molecule has 0 radical (unpaired) electrons. The molecule has 3 aromatic rings. The number of carbonyl (C=O) groups is 1. The lowest BCUT2D eigenvalue weighted by Gasteiger charge is -2.20. The number of halogens is 3. The number of aromatic nitrogens is 2. The number of hydrogen-bond acceptors (Lipinski definition) is 4. The van der Waals surface area contributed by atoms with E-state index in [-0.39, 0.29) is 23.0 Å². The van der Waals surface area contributed by atoms with Crippen LogP contribution in [-0.2, 0) is 12.7 Å². The van der Waals surface area contributed by atoms with E-state index in [1.54, 1.807) is 4.90 Å². The van der Waals surface area contributed by atoms with Gasteiger partial charge in [-0.2, -0.15) is 18.3 Å². The van der Waals surface area contributed by atoms with E-state index in [0.717, 1.165) is 23.4 Å². The summed E-state index contributed by atoms with van der Waals surface area (Å²) in [6.45, 7) is 1.52. The minimum absolute atomic E-state index is 0.0574. The van der Waals surface area contributed by atoms with Crippen molar-refractivity contribution in [3.63, 3.8) is 0 Å². The Balaban J connectivity index is 1.66. The molecule has 0 N–H and O–H groups in total. The summed E-state index contributed by atoms with van der Waals surface area (Å²) in [6, 6.07) is 12.6. The quantitative estimate of drug-likeness (QED) is 0.631. The second kappa shape index (κ2) is 7.98. The average molecular weight is 430 g/mol. The van der Waals surface area contributed by atoms with Crippen molar-refractivity contribution < 1.29 is 22.7 Å². The second-order valence-electron chi connectivity index (χ2n) is 7.32. The lowest BCUT2D eigenvalue weighted by Crippen LogP contribution is -2.34. The van der Waals surface area contributed by atoms with Gasteiger partial charge >= 0.3 is 6.18 Å². The van der Waals surface area contributed by atoms with Gasteiger partial charge in [0.1, 0.15) is 0 Å². The normalized spacial score (nSPS) is 14.2. The van der Waals surface area contributed by atoms with Crippen LogP contribution in [0.25, 0.3) is 5.69 Å². The first-order valence-corrected chi connectivity index (χ1v) is 9.67. The third-order valence-electron chi connectivity index (χ3n) is 5.30. The molecule has 1 aromatic heterocycles. The van der Waals surface area contributed by atoms with Crippen molar-refractivity contribution >= 4 is 11.6 Å². The number of ether oxygens (including phenoxy) is 1. The Morgan fingerprint density at radius 2 is 1.87 bits per heavy atom. The van der Waals surface area contributed by atoms with Gasteiger partial charge in [0.15, 0.2) is 11.4 Å². The van der Waals surface area contributed by atoms with Crippen LogP contribution >= 0.6 is 0 Å². The van der Waals surface area contributed by atoms with Gasteiger partial charge in [0, 0.05) is 32.4 Å². The van der Waals surface area contributed by atoms with Crippen LogP contribution in [0.15, 0.2) is 54.7 Å². The second-order valence-corrected chi connectivity index (χ2v) is 7.32. The van der Waals surface area contributed by atoms with Gasteiger partial charge in [-0.3, -0.25) is 4.79 Å². The van der Waals surface area contributed by atoms with Crippen LogP contribution < -0.4 is 9.64 Å². The molecule has 0 unspecified atom stereocenters. The summed E-state index contributed by atoms with van der Waals surface area (Å²) in [5.41, 5.74) is 1.51. The molecule has 0 atom stereocenters. The van der Waals surface area contributed by atoms with Crippen LogP contribution in [0.2, 0.25) is 0 Å². The minimum Gasteiger partial charge on any atom is -0.493 e. The molecule has 0 saturated carbocycles. The lowest BCUT2D eigenvalue weighted by molar-refractivity contribution is -0.137. The van der Waals surface area contributed by atoms with Crippen LogP contribution in [0.3, 0.4) is 0 Å². The summed E-state index contributed by atoms with van der Waals surface area (Å²) < 4.78 is 45.8. The molecule has 4 rings (SSSR count). The monoisotopic (exact) mass is 430 g/mol. The van der Waals surface area contributed by atoms with Crippen LogP contribution in [0.1, 0.15) is 21.6 Å². The Bertz CT molecular complexity index is 1110. The van der Waals surface area contributed by atoms with Gasteiger partial charge in [0.05, 0.1) is 24.6 Å². The zero-order valence-electron chi connectivity index (χ0n) is 17.1. The van der Waals surface area contributed by atoms with Crippen molar-refractivity contribution in [1.82, 2.24) is 14.7 Å². The molecule has 0 fully saturated rings. The van der Waals surface area contributed by atoms with E-state index in [2.05, 4.69) is 10.00 Å². The first kappa shape index (κ1) is 20.8. The van der Waals surface area contributed by atoms with E-state index in [9.17, 15) is 18.0 Å². The molecule has 1 aliphatic heterocycles. The zero-order chi connectivity index (χ0) is 22.2. The van der Waals surface area contributed by atoms with E-state index in [1.165, 1.54) is 30.1 Å². The number of fused-ring (bicyclic) bond motifs is 1. The largest absolute Gasteiger partial charge is 0.493 e. The van der Waals surface area contributed by atoms with E-state index in [0.29, 0.717) is 19.6 Å². The Morgan fingerprint density at radius 1 is 1.10 bits per heavy atom. The van der Waals surface area contributed by atoms with Gasteiger partial charge in [0.25, 0.3) is 5.91 Å². The Hall–Kier alpha value is -3.49. The third-order valence-corrected chi connectivity index (χ3v) is 5.30. The Morgan fingerprint density at radius 3 is 2.61 bits per heavy atom. The molecule has 1 aliphatic rings. The topological polar surface area (TPSA) is 50.6 Å². The molecular formula is C22H21F3N4O2. The van der Waals surface area contributed by atoms with E-state index < -0.39 is 11.7 Å². The van der Waals surface area contributed by atoms with Crippen molar-refractivity contribution in [2.24, 2.45) is 0 Å². The Labute approximate surface area is 177 Å². The summed E-state index contributed by atoms with van der Waals surface area (Å²) in [6.07, 6.45) is -3.06. The maximum Gasteiger partial charge on any atom is 0.416 e. The number of hydrogen-bond donors (Lipinski definition) is 0. The number of likely N-dealkylation sites (N-methyl/N-ethyl adjacent to an activating group) is 1. The number of amides is 1. The minimum atomic E-state index is -4.47. The van der Waals surface area contributed by atoms with E-state index in [1.807, 2.05) is 31.3 Å². The third kappa shape index (κ3) is 4.08. The number of anilines is 1. The molecule has 6 nitrogen and oxygen atoms in total. The van der Waals surface area contributed by atoms with Crippen LogP contribution in [-0.4, -0.2) is 47.8 Å².